The van der Waals surface area contributed by atoms with Gasteiger partial charge in [0, 0.05) is 18.4 Å². The number of hydrogen-bond acceptors (Lipinski definition) is 3. The number of nitrogens with zero attached hydrogens (tertiary/aromatic N) is 1. The third-order valence-electron chi connectivity index (χ3n) is 4.30. The molecule has 2 heterocycles. The van der Waals surface area contributed by atoms with Crippen LogP contribution in [-0.2, 0) is 22.6 Å². The molecule has 0 aliphatic carbocycles. The highest BCUT2D eigenvalue weighted by molar-refractivity contribution is 6.21. The van der Waals surface area contributed by atoms with Gasteiger partial charge in [0.1, 0.15) is 0 Å². The molecule has 1 aromatic rings. The maximum absolute atomic E-state index is 12.2. The summed E-state index contributed by atoms with van der Waals surface area (Å²) in [6.07, 6.45) is 1.00. The first-order valence-electron chi connectivity index (χ1n) is 6.80. The number of amides is 2. The number of nitrogens with one attached hydrogen (secondary N) is 1. The van der Waals surface area contributed by atoms with Crippen LogP contribution in [0.5, 0.6) is 0 Å². The first kappa shape index (κ1) is 12.4. The molecule has 0 saturated carbocycles. The molecular weight excluding hydrogens is 240 g/mol. The van der Waals surface area contributed by atoms with Crippen LogP contribution < -0.4 is 10.2 Å². The number of carbonyl (C=O) groups is 2. The Morgan fingerprint density at radius 3 is 2.47 bits per heavy atom. The molecule has 0 bridgehead atoms. The normalized spacial score (nSPS) is 26.7. The smallest absolute Gasteiger partial charge is 0.237 e. The fourth-order valence-electron chi connectivity index (χ4n) is 2.80. The number of rotatable bonds is 1. The van der Waals surface area contributed by atoms with Gasteiger partial charge in [0.15, 0.2) is 0 Å². The molecule has 2 aliphatic rings. The maximum atomic E-state index is 12.2. The Bertz CT molecular complexity index is 533. The Hall–Kier alpha value is -1.68. The minimum absolute atomic E-state index is 0.0822. The average Bonchev–Trinajstić information content (AvgIpc) is 2.63. The van der Waals surface area contributed by atoms with E-state index in [2.05, 4.69) is 5.32 Å². The van der Waals surface area contributed by atoms with Crippen LogP contribution in [0.25, 0.3) is 0 Å². The second-order valence-corrected chi connectivity index (χ2v) is 5.47. The highest BCUT2D eigenvalue weighted by Crippen LogP contribution is 2.31. The van der Waals surface area contributed by atoms with Crippen molar-refractivity contribution in [2.24, 2.45) is 11.8 Å². The molecule has 2 aliphatic heterocycles. The van der Waals surface area contributed by atoms with Gasteiger partial charge in [-0.05, 0) is 36.2 Å². The lowest BCUT2D eigenvalue weighted by Gasteiger charge is -2.21. The van der Waals surface area contributed by atoms with Crippen molar-refractivity contribution in [1.29, 1.82) is 0 Å². The fourth-order valence-corrected chi connectivity index (χ4v) is 2.80. The molecule has 1 N–H and O–H groups in total. The van der Waals surface area contributed by atoms with Crippen molar-refractivity contribution in [2.75, 3.05) is 11.4 Å². The molecule has 1 fully saturated rings. The van der Waals surface area contributed by atoms with Gasteiger partial charge >= 0.3 is 0 Å². The van der Waals surface area contributed by atoms with E-state index in [1.54, 1.807) is 0 Å². The lowest BCUT2D eigenvalue weighted by molar-refractivity contribution is -0.122. The quantitative estimate of drug-likeness (QED) is 0.776. The van der Waals surface area contributed by atoms with Gasteiger partial charge in [0.05, 0.1) is 5.69 Å². The molecule has 1 saturated heterocycles. The summed E-state index contributed by atoms with van der Waals surface area (Å²) in [4.78, 5) is 25.7. The van der Waals surface area contributed by atoms with Crippen LogP contribution in [0.4, 0.5) is 5.69 Å². The summed E-state index contributed by atoms with van der Waals surface area (Å²) in [6, 6.07) is 5.91. The molecule has 100 valence electrons. The molecule has 1 aromatic carbocycles. The van der Waals surface area contributed by atoms with Crippen molar-refractivity contribution in [3.63, 3.8) is 0 Å². The van der Waals surface area contributed by atoms with Crippen molar-refractivity contribution in [1.82, 2.24) is 5.32 Å². The molecule has 19 heavy (non-hydrogen) atoms. The summed E-state index contributed by atoms with van der Waals surface area (Å²) >= 11 is 0. The van der Waals surface area contributed by atoms with Gasteiger partial charge in [-0.2, -0.15) is 0 Å². The monoisotopic (exact) mass is 258 g/mol. The second-order valence-electron chi connectivity index (χ2n) is 5.47. The van der Waals surface area contributed by atoms with E-state index in [-0.39, 0.29) is 23.7 Å². The van der Waals surface area contributed by atoms with E-state index in [4.69, 9.17) is 0 Å². The Balaban J connectivity index is 1.98. The van der Waals surface area contributed by atoms with E-state index in [0.717, 1.165) is 19.5 Å². The van der Waals surface area contributed by atoms with Gasteiger partial charge in [-0.25, -0.2) is 0 Å². The van der Waals surface area contributed by atoms with E-state index in [1.807, 2.05) is 32.0 Å². The molecule has 2 amide bonds. The summed E-state index contributed by atoms with van der Waals surface area (Å²) in [6.45, 7) is 5.45. The summed E-state index contributed by atoms with van der Waals surface area (Å²) < 4.78 is 0. The molecule has 0 radical (unpaired) electrons. The van der Waals surface area contributed by atoms with Crippen LogP contribution in [0.1, 0.15) is 25.0 Å². The van der Waals surface area contributed by atoms with Crippen molar-refractivity contribution in [3.05, 3.63) is 29.3 Å². The molecule has 0 spiro atoms. The van der Waals surface area contributed by atoms with Crippen LogP contribution in [0.2, 0.25) is 0 Å². The fraction of sp³-hybridized carbons (Fsp3) is 0.467. The van der Waals surface area contributed by atoms with E-state index in [0.29, 0.717) is 5.69 Å². The van der Waals surface area contributed by atoms with Crippen molar-refractivity contribution >= 4 is 17.5 Å². The van der Waals surface area contributed by atoms with Crippen LogP contribution in [0, 0.1) is 11.8 Å². The van der Waals surface area contributed by atoms with Crippen LogP contribution >= 0.6 is 0 Å². The summed E-state index contributed by atoms with van der Waals surface area (Å²) in [5.41, 5.74) is 3.22. The minimum Gasteiger partial charge on any atom is -0.312 e. The number of imide groups is 1. The largest absolute Gasteiger partial charge is 0.312 e. The highest BCUT2D eigenvalue weighted by atomic mass is 16.2. The predicted octanol–water partition coefficient (Wildman–Crippen LogP) is 1.48. The van der Waals surface area contributed by atoms with Crippen LogP contribution in [-0.4, -0.2) is 18.4 Å². The van der Waals surface area contributed by atoms with E-state index in [9.17, 15) is 9.59 Å². The number of fused-ring (bicyclic) bond motifs is 1. The van der Waals surface area contributed by atoms with E-state index < -0.39 is 0 Å². The Morgan fingerprint density at radius 1 is 1.11 bits per heavy atom. The molecular formula is C15H18N2O2. The van der Waals surface area contributed by atoms with Crippen molar-refractivity contribution in [3.8, 4) is 0 Å². The van der Waals surface area contributed by atoms with E-state index >= 15 is 0 Å². The van der Waals surface area contributed by atoms with Crippen molar-refractivity contribution < 1.29 is 9.59 Å². The van der Waals surface area contributed by atoms with Crippen LogP contribution in [0.3, 0.4) is 0 Å². The third-order valence-corrected chi connectivity index (χ3v) is 4.30. The van der Waals surface area contributed by atoms with Gasteiger partial charge in [0.25, 0.3) is 0 Å². The van der Waals surface area contributed by atoms with Gasteiger partial charge in [-0.1, -0.05) is 19.9 Å². The first-order valence-corrected chi connectivity index (χ1v) is 6.80. The van der Waals surface area contributed by atoms with Gasteiger partial charge in [-0.3, -0.25) is 14.5 Å². The lowest BCUT2D eigenvalue weighted by atomic mass is 10.00. The van der Waals surface area contributed by atoms with Gasteiger partial charge < -0.3 is 5.32 Å². The first-order chi connectivity index (χ1) is 9.09. The Labute approximate surface area is 112 Å². The molecule has 4 heteroatoms. The maximum Gasteiger partial charge on any atom is 0.237 e. The summed E-state index contributed by atoms with van der Waals surface area (Å²) in [7, 11) is 0. The molecule has 3 rings (SSSR count). The lowest BCUT2D eigenvalue weighted by Crippen LogP contribution is -2.31. The summed E-state index contributed by atoms with van der Waals surface area (Å²) in [5, 5.41) is 3.31. The number of carbonyl (C=O) groups excluding carboxylic acids is 2. The molecule has 2 atom stereocenters. The zero-order valence-corrected chi connectivity index (χ0v) is 11.3. The number of anilines is 1. The number of benzene rings is 1. The second kappa shape index (κ2) is 4.46. The third kappa shape index (κ3) is 1.87. The Kier molecular flexibility index (Phi) is 2.90. The van der Waals surface area contributed by atoms with Gasteiger partial charge in [0.2, 0.25) is 11.8 Å². The SMILES string of the molecule is CC1C(=O)N(c2ccc3c(c2)CNCC3)C(=O)C1C. The predicted molar refractivity (Wildman–Crippen MR) is 72.7 cm³/mol. The molecule has 0 aromatic heterocycles. The topological polar surface area (TPSA) is 49.4 Å². The van der Waals surface area contributed by atoms with Gasteiger partial charge in [-0.15, -0.1) is 0 Å². The van der Waals surface area contributed by atoms with E-state index in [1.165, 1.54) is 16.0 Å². The average molecular weight is 258 g/mol. The zero-order chi connectivity index (χ0) is 13.6. The zero-order valence-electron chi connectivity index (χ0n) is 11.3. The summed E-state index contributed by atoms with van der Waals surface area (Å²) in [5.74, 6) is -0.606. The molecule has 4 nitrogen and oxygen atoms in total. The van der Waals surface area contributed by atoms with Crippen molar-refractivity contribution in [2.45, 2.75) is 26.8 Å². The standard InChI is InChI=1S/C15H18N2O2/c1-9-10(2)15(19)17(14(9)18)13-4-3-11-5-6-16-8-12(11)7-13/h3-4,7,9-10,16H,5-6,8H2,1-2H3. The number of hydrogen-bond donors (Lipinski definition) is 1. The molecule has 2 unspecified atom stereocenters. The minimum atomic E-state index is -0.221. The Morgan fingerprint density at radius 2 is 1.79 bits per heavy atom. The highest BCUT2D eigenvalue weighted by Gasteiger charge is 2.43. The van der Waals surface area contributed by atoms with Crippen LogP contribution in [0.15, 0.2) is 18.2 Å².